The average molecular weight is 173 g/mol. The summed E-state index contributed by atoms with van der Waals surface area (Å²) in [5.74, 6) is 0.737. The Balaban J connectivity index is 0.000000561. The number of nitrogens with zero attached hydrogens (tertiary/aromatic N) is 1. The molecule has 0 radical (unpaired) electrons. The number of likely N-dealkylation sites (tertiary alicyclic amines) is 1. The maximum absolute atomic E-state index is 5.33. The van der Waals surface area contributed by atoms with E-state index in [0.717, 1.165) is 12.5 Å². The van der Waals surface area contributed by atoms with Gasteiger partial charge < -0.3 is 9.64 Å². The molecule has 1 heterocycles. The summed E-state index contributed by atoms with van der Waals surface area (Å²) in [6, 6.07) is 0. The first kappa shape index (κ1) is 11.9. The summed E-state index contributed by atoms with van der Waals surface area (Å²) < 4.78 is 5.33. The van der Waals surface area contributed by atoms with Crippen LogP contribution in [0.3, 0.4) is 0 Å². The quantitative estimate of drug-likeness (QED) is 0.601. The lowest BCUT2D eigenvalue weighted by molar-refractivity contribution is 0.00324. The zero-order valence-electron chi connectivity index (χ0n) is 9.13. The normalized spacial score (nSPS) is 30.8. The molecule has 0 spiro atoms. The minimum atomic E-state index is 0.457. The van der Waals surface area contributed by atoms with Gasteiger partial charge >= 0.3 is 0 Å². The van der Waals surface area contributed by atoms with E-state index in [4.69, 9.17) is 4.74 Å². The predicted molar refractivity (Wildman–Crippen MR) is 53.4 cm³/mol. The Labute approximate surface area is 76.9 Å². The fraction of sp³-hybridized carbons (Fsp3) is 1.00. The standard InChI is InChI=1S/C8H17NO.C2H6/c1-7-4-5-9(2)6-8(7)10-3;1-2/h7-8H,4-6H2,1-3H3;1-2H3. The van der Waals surface area contributed by atoms with Gasteiger partial charge in [-0.2, -0.15) is 0 Å². The smallest absolute Gasteiger partial charge is 0.0724 e. The second-order valence-electron chi connectivity index (χ2n) is 3.30. The van der Waals surface area contributed by atoms with Crippen LogP contribution in [0.2, 0.25) is 0 Å². The molecule has 2 heteroatoms. The van der Waals surface area contributed by atoms with Gasteiger partial charge in [-0.05, 0) is 25.9 Å². The second-order valence-corrected chi connectivity index (χ2v) is 3.30. The van der Waals surface area contributed by atoms with E-state index in [9.17, 15) is 0 Å². The minimum Gasteiger partial charge on any atom is -0.380 e. The molecule has 0 aromatic rings. The number of piperidine rings is 1. The van der Waals surface area contributed by atoms with Crippen LogP contribution in [-0.2, 0) is 4.74 Å². The van der Waals surface area contributed by atoms with Crippen molar-refractivity contribution in [2.45, 2.75) is 33.3 Å². The Kier molecular flexibility index (Phi) is 6.39. The highest BCUT2D eigenvalue weighted by Gasteiger charge is 2.23. The summed E-state index contributed by atoms with van der Waals surface area (Å²) >= 11 is 0. The van der Waals surface area contributed by atoms with Crippen molar-refractivity contribution in [1.29, 1.82) is 0 Å². The zero-order valence-corrected chi connectivity index (χ0v) is 9.13. The lowest BCUT2D eigenvalue weighted by atomic mass is 9.96. The summed E-state index contributed by atoms with van der Waals surface area (Å²) in [5, 5.41) is 0. The average Bonchev–Trinajstić information content (AvgIpc) is 2.13. The van der Waals surface area contributed by atoms with Gasteiger partial charge in [0.15, 0.2) is 0 Å². The highest BCUT2D eigenvalue weighted by atomic mass is 16.5. The maximum atomic E-state index is 5.33. The molecule has 0 aromatic heterocycles. The molecule has 2 unspecified atom stereocenters. The van der Waals surface area contributed by atoms with Gasteiger partial charge in [-0.25, -0.2) is 0 Å². The molecule has 2 nitrogen and oxygen atoms in total. The molecule has 0 aromatic carbocycles. The van der Waals surface area contributed by atoms with E-state index in [2.05, 4.69) is 18.9 Å². The van der Waals surface area contributed by atoms with Crippen LogP contribution in [0.25, 0.3) is 0 Å². The van der Waals surface area contributed by atoms with Gasteiger partial charge in [-0.1, -0.05) is 20.8 Å². The molecule has 0 amide bonds. The highest BCUT2D eigenvalue weighted by Crippen LogP contribution is 2.17. The third kappa shape index (κ3) is 3.55. The molecular weight excluding hydrogens is 150 g/mol. The van der Waals surface area contributed by atoms with Crippen LogP contribution in [0, 0.1) is 5.92 Å². The SMILES string of the molecule is CC.COC1CN(C)CCC1C. The number of methoxy groups -OCH3 is 1. The van der Waals surface area contributed by atoms with E-state index in [1.54, 1.807) is 7.11 Å². The van der Waals surface area contributed by atoms with Gasteiger partial charge in [0.2, 0.25) is 0 Å². The van der Waals surface area contributed by atoms with Crippen LogP contribution >= 0.6 is 0 Å². The fourth-order valence-electron chi connectivity index (χ4n) is 1.50. The molecule has 1 rings (SSSR count). The minimum absolute atomic E-state index is 0.457. The zero-order chi connectivity index (χ0) is 9.56. The third-order valence-corrected chi connectivity index (χ3v) is 2.40. The molecule has 2 atom stereocenters. The summed E-state index contributed by atoms with van der Waals surface area (Å²) in [5.41, 5.74) is 0. The summed E-state index contributed by atoms with van der Waals surface area (Å²) in [7, 11) is 3.96. The molecule has 0 N–H and O–H groups in total. The molecular formula is C10H23NO. The van der Waals surface area contributed by atoms with Crippen LogP contribution in [0.1, 0.15) is 27.2 Å². The molecule has 1 aliphatic heterocycles. The Bertz CT molecular complexity index is 106. The van der Waals surface area contributed by atoms with Gasteiger partial charge in [0.1, 0.15) is 0 Å². The molecule has 0 bridgehead atoms. The first-order valence-electron chi connectivity index (χ1n) is 4.95. The Morgan fingerprint density at radius 3 is 2.33 bits per heavy atom. The lowest BCUT2D eigenvalue weighted by Crippen LogP contribution is -2.41. The largest absolute Gasteiger partial charge is 0.380 e. The van der Waals surface area contributed by atoms with Crippen LogP contribution < -0.4 is 0 Å². The van der Waals surface area contributed by atoms with Crippen molar-refractivity contribution in [2.24, 2.45) is 5.92 Å². The van der Waals surface area contributed by atoms with E-state index in [0.29, 0.717) is 6.10 Å². The number of rotatable bonds is 1. The van der Waals surface area contributed by atoms with Crippen molar-refractivity contribution in [2.75, 3.05) is 27.2 Å². The lowest BCUT2D eigenvalue weighted by Gasteiger charge is -2.33. The number of hydrogen-bond donors (Lipinski definition) is 0. The van der Waals surface area contributed by atoms with E-state index in [1.807, 2.05) is 13.8 Å². The fourth-order valence-corrected chi connectivity index (χ4v) is 1.50. The molecule has 1 fully saturated rings. The second kappa shape index (κ2) is 6.44. The van der Waals surface area contributed by atoms with Gasteiger partial charge in [-0.15, -0.1) is 0 Å². The van der Waals surface area contributed by atoms with Crippen molar-refractivity contribution in [1.82, 2.24) is 4.90 Å². The first-order chi connectivity index (χ1) is 5.74. The highest BCUT2D eigenvalue weighted by molar-refractivity contribution is 4.76. The number of ether oxygens (including phenoxy) is 1. The molecule has 1 saturated heterocycles. The molecule has 0 saturated carbocycles. The van der Waals surface area contributed by atoms with E-state index in [-0.39, 0.29) is 0 Å². The van der Waals surface area contributed by atoms with Crippen molar-refractivity contribution in [3.8, 4) is 0 Å². The summed E-state index contributed by atoms with van der Waals surface area (Å²) in [4.78, 5) is 2.33. The van der Waals surface area contributed by atoms with Gasteiger partial charge in [0.05, 0.1) is 6.10 Å². The molecule has 74 valence electrons. The summed E-state index contributed by atoms with van der Waals surface area (Å²) in [6.45, 7) is 8.58. The van der Waals surface area contributed by atoms with Crippen LogP contribution in [0.4, 0.5) is 0 Å². The topological polar surface area (TPSA) is 12.5 Å². The van der Waals surface area contributed by atoms with Crippen LogP contribution in [0.5, 0.6) is 0 Å². The van der Waals surface area contributed by atoms with Crippen molar-refractivity contribution >= 4 is 0 Å². The molecule has 1 aliphatic rings. The van der Waals surface area contributed by atoms with Gasteiger partial charge in [-0.3, -0.25) is 0 Å². The van der Waals surface area contributed by atoms with E-state index >= 15 is 0 Å². The van der Waals surface area contributed by atoms with E-state index in [1.165, 1.54) is 13.0 Å². The summed E-state index contributed by atoms with van der Waals surface area (Å²) in [6.07, 6.45) is 1.73. The first-order valence-corrected chi connectivity index (χ1v) is 4.95. The molecule has 0 aliphatic carbocycles. The Morgan fingerprint density at radius 2 is 1.92 bits per heavy atom. The van der Waals surface area contributed by atoms with Crippen molar-refractivity contribution in [3.63, 3.8) is 0 Å². The Hall–Kier alpha value is -0.0800. The number of hydrogen-bond acceptors (Lipinski definition) is 2. The predicted octanol–water partition coefficient (Wildman–Crippen LogP) is 2.00. The molecule has 12 heavy (non-hydrogen) atoms. The monoisotopic (exact) mass is 173 g/mol. The van der Waals surface area contributed by atoms with Crippen molar-refractivity contribution in [3.05, 3.63) is 0 Å². The van der Waals surface area contributed by atoms with Crippen LogP contribution in [0.15, 0.2) is 0 Å². The maximum Gasteiger partial charge on any atom is 0.0724 e. The third-order valence-electron chi connectivity index (χ3n) is 2.40. The Morgan fingerprint density at radius 1 is 1.33 bits per heavy atom. The van der Waals surface area contributed by atoms with Crippen molar-refractivity contribution < 1.29 is 4.74 Å². The van der Waals surface area contributed by atoms with Crippen LogP contribution in [-0.4, -0.2) is 38.3 Å². The van der Waals surface area contributed by atoms with Gasteiger partial charge in [0, 0.05) is 13.7 Å². The van der Waals surface area contributed by atoms with Gasteiger partial charge in [0.25, 0.3) is 0 Å². The van der Waals surface area contributed by atoms with E-state index < -0.39 is 0 Å². The number of likely N-dealkylation sites (N-methyl/N-ethyl adjacent to an activating group) is 1.